The molecule has 1 N–H and O–H groups in total. The highest BCUT2D eigenvalue weighted by Crippen LogP contribution is 2.23. The molecule has 2 rings (SSSR count). The summed E-state index contributed by atoms with van der Waals surface area (Å²) >= 11 is 1.53. The van der Waals surface area contributed by atoms with Crippen LogP contribution in [0.1, 0.15) is 24.2 Å². The Morgan fingerprint density at radius 2 is 2.12 bits per heavy atom. The molecule has 1 aromatic carbocycles. The van der Waals surface area contributed by atoms with E-state index in [0.29, 0.717) is 5.56 Å². The van der Waals surface area contributed by atoms with E-state index < -0.39 is 0 Å². The lowest BCUT2D eigenvalue weighted by atomic mass is 10.1. The minimum Gasteiger partial charge on any atom is -0.355 e. The van der Waals surface area contributed by atoms with Gasteiger partial charge in [0.25, 0.3) is 0 Å². The normalized spacial score (nSPS) is 12.4. The summed E-state index contributed by atoms with van der Waals surface area (Å²) in [5, 5.41) is 5.98. The molecule has 0 radical (unpaired) electrons. The summed E-state index contributed by atoms with van der Waals surface area (Å²) in [7, 11) is 0. The number of anilines is 1. The average molecular weight is 236 g/mol. The Morgan fingerprint density at radius 3 is 2.75 bits per heavy atom. The summed E-state index contributed by atoms with van der Waals surface area (Å²) in [6.07, 6.45) is 0. The number of thiazole rings is 1. The molecule has 2 nitrogen and oxygen atoms in total. The van der Waals surface area contributed by atoms with Crippen LogP contribution < -0.4 is 5.32 Å². The van der Waals surface area contributed by atoms with E-state index in [2.05, 4.69) is 10.3 Å². The molecule has 0 aliphatic carbocycles. The van der Waals surface area contributed by atoms with Gasteiger partial charge in [0.15, 0.2) is 5.13 Å². The molecule has 1 heterocycles. The fourth-order valence-electron chi connectivity index (χ4n) is 1.51. The molecule has 1 unspecified atom stereocenters. The molecule has 0 amide bonds. The van der Waals surface area contributed by atoms with Crippen LogP contribution in [-0.4, -0.2) is 4.98 Å². The SMILES string of the molecule is Cc1csc(NC(C)c2ccccc2F)n1. The molecule has 4 heteroatoms. The molecule has 0 saturated carbocycles. The topological polar surface area (TPSA) is 24.9 Å². The number of benzene rings is 1. The third-order valence-electron chi connectivity index (χ3n) is 2.33. The van der Waals surface area contributed by atoms with Crippen LogP contribution in [0.4, 0.5) is 9.52 Å². The minimum atomic E-state index is -0.184. The van der Waals surface area contributed by atoms with Crippen molar-refractivity contribution < 1.29 is 4.39 Å². The number of halogens is 1. The van der Waals surface area contributed by atoms with Crippen molar-refractivity contribution in [1.82, 2.24) is 4.98 Å². The van der Waals surface area contributed by atoms with E-state index in [1.165, 1.54) is 17.4 Å². The van der Waals surface area contributed by atoms with E-state index in [0.717, 1.165) is 10.8 Å². The Morgan fingerprint density at radius 1 is 1.38 bits per heavy atom. The lowest BCUT2D eigenvalue weighted by Gasteiger charge is -2.13. The minimum absolute atomic E-state index is 0.0771. The van der Waals surface area contributed by atoms with E-state index in [-0.39, 0.29) is 11.9 Å². The molecule has 0 aliphatic rings. The molecule has 0 spiro atoms. The first kappa shape index (κ1) is 11.1. The van der Waals surface area contributed by atoms with Gasteiger partial charge in [-0.05, 0) is 19.9 Å². The molecule has 0 fully saturated rings. The number of nitrogens with one attached hydrogen (secondary N) is 1. The van der Waals surface area contributed by atoms with E-state index >= 15 is 0 Å². The monoisotopic (exact) mass is 236 g/mol. The fourth-order valence-corrected chi connectivity index (χ4v) is 2.29. The van der Waals surface area contributed by atoms with Crippen molar-refractivity contribution in [2.45, 2.75) is 19.9 Å². The smallest absolute Gasteiger partial charge is 0.183 e. The zero-order valence-corrected chi connectivity index (χ0v) is 10.0. The summed E-state index contributed by atoms with van der Waals surface area (Å²) in [6.45, 7) is 3.87. The molecule has 1 aromatic heterocycles. The Kier molecular flexibility index (Phi) is 3.19. The van der Waals surface area contributed by atoms with E-state index in [9.17, 15) is 4.39 Å². The van der Waals surface area contributed by atoms with Crippen LogP contribution in [0.15, 0.2) is 29.6 Å². The molecular weight excluding hydrogens is 223 g/mol. The van der Waals surface area contributed by atoms with Gasteiger partial charge in [-0.15, -0.1) is 11.3 Å². The molecule has 0 bridgehead atoms. The molecule has 84 valence electrons. The number of rotatable bonds is 3. The number of nitrogens with zero attached hydrogens (tertiary/aromatic N) is 1. The predicted molar refractivity (Wildman–Crippen MR) is 65.3 cm³/mol. The quantitative estimate of drug-likeness (QED) is 0.877. The van der Waals surface area contributed by atoms with Gasteiger partial charge in [-0.3, -0.25) is 0 Å². The van der Waals surface area contributed by atoms with Gasteiger partial charge in [0, 0.05) is 10.9 Å². The molecule has 0 aliphatic heterocycles. The summed E-state index contributed by atoms with van der Waals surface area (Å²) < 4.78 is 13.5. The van der Waals surface area contributed by atoms with Crippen molar-refractivity contribution in [3.8, 4) is 0 Å². The Balaban J connectivity index is 2.14. The highest BCUT2D eigenvalue weighted by atomic mass is 32.1. The van der Waals surface area contributed by atoms with E-state index in [1.807, 2.05) is 25.3 Å². The third-order valence-corrected chi connectivity index (χ3v) is 3.22. The molecule has 2 aromatic rings. The van der Waals surface area contributed by atoms with Gasteiger partial charge in [-0.2, -0.15) is 0 Å². The second kappa shape index (κ2) is 4.61. The van der Waals surface area contributed by atoms with Gasteiger partial charge in [0.1, 0.15) is 5.82 Å². The molecule has 1 atom stereocenters. The number of hydrogen-bond acceptors (Lipinski definition) is 3. The van der Waals surface area contributed by atoms with Crippen LogP contribution >= 0.6 is 11.3 Å². The first-order valence-corrected chi connectivity index (χ1v) is 5.98. The van der Waals surface area contributed by atoms with Crippen LogP contribution in [-0.2, 0) is 0 Å². The maximum absolute atomic E-state index is 13.5. The Labute approximate surface area is 98.2 Å². The lowest BCUT2D eigenvalue weighted by molar-refractivity contribution is 0.600. The summed E-state index contributed by atoms with van der Waals surface area (Å²) in [4.78, 5) is 4.29. The van der Waals surface area contributed by atoms with Crippen LogP contribution in [0.3, 0.4) is 0 Å². The molecular formula is C12H13FN2S. The highest BCUT2D eigenvalue weighted by Gasteiger charge is 2.11. The van der Waals surface area contributed by atoms with Gasteiger partial charge >= 0.3 is 0 Å². The van der Waals surface area contributed by atoms with Gasteiger partial charge in [0.05, 0.1) is 11.7 Å². The van der Waals surface area contributed by atoms with Gasteiger partial charge in [-0.1, -0.05) is 18.2 Å². The second-order valence-electron chi connectivity index (χ2n) is 3.68. The largest absolute Gasteiger partial charge is 0.355 e. The van der Waals surface area contributed by atoms with Gasteiger partial charge in [0.2, 0.25) is 0 Å². The number of aryl methyl sites for hydroxylation is 1. The van der Waals surface area contributed by atoms with Crippen molar-refractivity contribution in [2.75, 3.05) is 5.32 Å². The Hall–Kier alpha value is -1.42. The summed E-state index contributed by atoms with van der Waals surface area (Å²) in [5.74, 6) is -0.184. The Bertz CT molecular complexity index is 481. The van der Waals surface area contributed by atoms with Crippen LogP contribution in [0.2, 0.25) is 0 Å². The number of aromatic nitrogens is 1. The predicted octanol–water partition coefficient (Wildman–Crippen LogP) is 3.76. The third kappa shape index (κ3) is 2.39. The standard InChI is InChI=1S/C12H13FN2S/c1-8-7-16-12(14-8)15-9(2)10-5-3-4-6-11(10)13/h3-7,9H,1-2H3,(H,14,15). The zero-order chi connectivity index (χ0) is 11.5. The van der Waals surface area contributed by atoms with Crippen molar-refractivity contribution in [3.63, 3.8) is 0 Å². The number of hydrogen-bond donors (Lipinski definition) is 1. The van der Waals surface area contributed by atoms with Crippen molar-refractivity contribution in [3.05, 3.63) is 46.7 Å². The highest BCUT2D eigenvalue weighted by molar-refractivity contribution is 7.13. The first-order valence-electron chi connectivity index (χ1n) is 5.10. The molecule has 0 saturated heterocycles. The molecule has 16 heavy (non-hydrogen) atoms. The van der Waals surface area contributed by atoms with Crippen molar-refractivity contribution in [1.29, 1.82) is 0 Å². The summed E-state index contributed by atoms with van der Waals surface area (Å²) in [6, 6.07) is 6.71. The van der Waals surface area contributed by atoms with E-state index in [4.69, 9.17) is 0 Å². The van der Waals surface area contributed by atoms with Crippen LogP contribution in [0, 0.1) is 12.7 Å². The van der Waals surface area contributed by atoms with Crippen LogP contribution in [0.25, 0.3) is 0 Å². The second-order valence-corrected chi connectivity index (χ2v) is 4.54. The lowest BCUT2D eigenvalue weighted by Crippen LogP contribution is -2.08. The average Bonchev–Trinajstić information content (AvgIpc) is 2.64. The van der Waals surface area contributed by atoms with Crippen molar-refractivity contribution in [2.24, 2.45) is 0 Å². The van der Waals surface area contributed by atoms with Gasteiger partial charge < -0.3 is 5.32 Å². The fraction of sp³-hybridized carbons (Fsp3) is 0.250. The zero-order valence-electron chi connectivity index (χ0n) is 9.20. The van der Waals surface area contributed by atoms with Gasteiger partial charge in [-0.25, -0.2) is 9.37 Å². The maximum atomic E-state index is 13.5. The van der Waals surface area contributed by atoms with Crippen LogP contribution in [0.5, 0.6) is 0 Å². The maximum Gasteiger partial charge on any atom is 0.183 e. The first-order chi connectivity index (χ1) is 7.66. The summed E-state index contributed by atoms with van der Waals surface area (Å²) in [5.41, 5.74) is 1.64. The van der Waals surface area contributed by atoms with Crippen molar-refractivity contribution >= 4 is 16.5 Å². The van der Waals surface area contributed by atoms with E-state index in [1.54, 1.807) is 12.1 Å².